The van der Waals surface area contributed by atoms with Crippen LogP contribution in [-0.4, -0.2) is 36.6 Å². The third kappa shape index (κ3) is 5.72. The van der Waals surface area contributed by atoms with Crippen molar-refractivity contribution < 1.29 is 23.4 Å². The Labute approximate surface area is 181 Å². The number of carbonyl (C=O) groups is 1. The fourth-order valence-electron chi connectivity index (χ4n) is 3.05. The van der Waals surface area contributed by atoms with Crippen molar-refractivity contribution in [1.82, 2.24) is 9.88 Å². The van der Waals surface area contributed by atoms with Gasteiger partial charge in [-0.25, -0.2) is 4.39 Å². The van der Waals surface area contributed by atoms with Gasteiger partial charge in [0.2, 0.25) is 0 Å². The molecule has 0 bridgehead atoms. The highest BCUT2D eigenvalue weighted by atomic mass is 19.1. The van der Waals surface area contributed by atoms with E-state index < -0.39 is 5.82 Å². The van der Waals surface area contributed by atoms with Gasteiger partial charge in [0.1, 0.15) is 6.61 Å². The lowest BCUT2D eigenvalue weighted by molar-refractivity contribution is 0.0784. The second-order valence-electron chi connectivity index (χ2n) is 6.87. The normalized spacial score (nSPS) is 10.5. The van der Waals surface area contributed by atoms with Gasteiger partial charge >= 0.3 is 0 Å². The fourth-order valence-corrected chi connectivity index (χ4v) is 3.05. The highest BCUT2D eigenvalue weighted by Gasteiger charge is 2.16. The highest BCUT2D eigenvalue weighted by molar-refractivity contribution is 5.94. The van der Waals surface area contributed by atoms with Crippen LogP contribution in [0.3, 0.4) is 0 Å². The lowest BCUT2D eigenvalue weighted by Crippen LogP contribution is -2.26. The standard InChI is InChI=1S/C24H25FN2O4/c1-4-30-23-13-19(8-10-22(23)31-16-18-6-5-11-26-14-18)24(28)27(2)15-17-7-9-21(29-3)20(25)12-17/h5-14H,4,15-16H2,1-3H3. The highest BCUT2D eigenvalue weighted by Crippen LogP contribution is 2.30. The monoisotopic (exact) mass is 424 g/mol. The number of carbonyl (C=O) groups excluding carboxylic acids is 1. The first kappa shape index (κ1) is 22.1. The van der Waals surface area contributed by atoms with Crippen LogP contribution in [0, 0.1) is 5.82 Å². The van der Waals surface area contributed by atoms with Crippen LogP contribution in [-0.2, 0) is 13.2 Å². The van der Waals surface area contributed by atoms with Gasteiger partial charge in [0, 0.05) is 37.1 Å². The number of rotatable bonds is 9. The Bertz CT molecular complexity index is 1030. The predicted molar refractivity (Wildman–Crippen MR) is 115 cm³/mol. The molecule has 0 unspecified atom stereocenters. The maximum Gasteiger partial charge on any atom is 0.254 e. The van der Waals surface area contributed by atoms with E-state index in [4.69, 9.17) is 14.2 Å². The molecule has 0 radical (unpaired) electrons. The van der Waals surface area contributed by atoms with E-state index in [-0.39, 0.29) is 18.2 Å². The number of amides is 1. The van der Waals surface area contributed by atoms with E-state index in [0.29, 0.717) is 35.8 Å². The minimum absolute atomic E-state index is 0.168. The number of pyridine rings is 1. The van der Waals surface area contributed by atoms with Gasteiger partial charge in [0.05, 0.1) is 13.7 Å². The van der Waals surface area contributed by atoms with Crippen molar-refractivity contribution >= 4 is 5.91 Å². The molecule has 7 heteroatoms. The Morgan fingerprint density at radius 2 is 1.84 bits per heavy atom. The molecular formula is C24H25FN2O4. The minimum Gasteiger partial charge on any atom is -0.494 e. The van der Waals surface area contributed by atoms with Crippen LogP contribution < -0.4 is 14.2 Å². The average Bonchev–Trinajstić information content (AvgIpc) is 2.78. The van der Waals surface area contributed by atoms with E-state index >= 15 is 0 Å². The molecule has 1 aromatic heterocycles. The predicted octanol–water partition coefficient (Wildman–Crippen LogP) is 4.48. The molecule has 0 saturated carbocycles. The van der Waals surface area contributed by atoms with Crippen molar-refractivity contribution in [2.45, 2.75) is 20.1 Å². The van der Waals surface area contributed by atoms with Crippen LogP contribution >= 0.6 is 0 Å². The maximum absolute atomic E-state index is 13.9. The van der Waals surface area contributed by atoms with Crippen LogP contribution in [0.1, 0.15) is 28.4 Å². The molecule has 0 aliphatic heterocycles. The minimum atomic E-state index is -0.463. The lowest BCUT2D eigenvalue weighted by Gasteiger charge is -2.19. The number of hydrogen-bond donors (Lipinski definition) is 0. The summed E-state index contributed by atoms with van der Waals surface area (Å²) in [6, 6.07) is 13.5. The average molecular weight is 424 g/mol. The van der Waals surface area contributed by atoms with Gasteiger partial charge in [-0.15, -0.1) is 0 Å². The Morgan fingerprint density at radius 1 is 1.03 bits per heavy atom. The zero-order valence-corrected chi connectivity index (χ0v) is 17.8. The lowest BCUT2D eigenvalue weighted by atomic mass is 10.1. The zero-order chi connectivity index (χ0) is 22.2. The van der Waals surface area contributed by atoms with Crippen LogP contribution in [0.15, 0.2) is 60.9 Å². The number of methoxy groups -OCH3 is 1. The topological polar surface area (TPSA) is 60.9 Å². The second kappa shape index (κ2) is 10.4. The first-order valence-corrected chi connectivity index (χ1v) is 9.88. The number of hydrogen-bond acceptors (Lipinski definition) is 5. The third-order valence-corrected chi connectivity index (χ3v) is 4.59. The van der Waals surface area contributed by atoms with E-state index in [1.807, 2.05) is 19.1 Å². The maximum atomic E-state index is 13.9. The van der Waals surface area contributed by atoms with Gasteiger partial charge in [-0.2, -0.15) is 0 Å². The Balaban J connectivity index is 1.72. The summed E-state index contributed by atoms with van der Waals surface area (Å²) in [5, 5.41) is 0. The molecule has 31 heavy (non-hydrogen) atoms. The largest absolute Gasteiger partial charge is 0.494 e. The van der Waals surface area contributed by atoms with Crippen molar-refractivity contribution in [1.29, 1.82) is 0 Å². The Hall–Kier alpha value is -3.61. The van der Waals surface area contributed by atoms with Gasteiger partial charge in [-0.05, 0) is 48.9 Å². The zero-order valence-electron chi connectivity index (χ0n) is 17.8. The smallest absolute Gasteiger partial charge is 0.254 e. The summed E-state index contributed by atoms with van der Waals surface area (Å²) >= 11 is 0. The van der Waals surface area contributed by atoms with Crippen molar-refractivity contribution in [3.8, 4) is 17.2 Å². The van der Waals surface area contributed by atoms with Gasteiger partial charge in [0.15, 0.2) is 23.1 Å². The molecule has 162 valence electrons. The molecule has 1 amide bonds. The van der Waals surface area contributed by atoms with Gasteiger partial charge in [-0.1, -0.05) is 12.1 Å². The molecule has 0 saturated heterocycles. The van der Waals surface area contributed by atoms with Gasteiger partial charge in [-0.3, -0.25) is 9.78 Å². The summed E-state index contributed by atoms with van der Waals surface area (Å²) in [7, 11) is 3.07. The summed E-state index contributed by atoms with van der Waals surface area (Å²) in [5.74, 6) is 0.523. The van der Waals surface area contributed by atoms with Crippen molar-refractivity contribution in [2.75, 3.05) is 20.8 Å². The summed E-state index contributed by atoms with van der Waals surface area (Å²) in [6.07, 6.45) is 3.43. The first-order valence-electron chi connectivity index (χ1n) is 9.88. The number of aromatic nitrogens is 1. The molecule has 0 N–H and O–H groups in total. The summed E-state index contributed by atoms with van der Waals surface area (Å²) in [6.45, 7) is 2.89. The van der Waals surface area contributed by atoms with E-state index in [0.717, 1.165) is 5.56 Å². The van der Waals surface area contributed by atoms with E-state index in [1.165, 1.54) is 18.1 Å². The molecule has 6 nitrogen and oxygen atoms in total. The molecule has 0 aliphatic carbocycles. The van der Waals surface area contributed by atoms with E-state index in [9.17, 15) is 9.18 Å². The third-order valence-electron chi connectivity index (χ3n) is 4.59. The van der Waals surface area contributed by atoms with Crippen LogP contribution in [0.4, 0.5) is 4.39 Å². The quantitative estimate of drug-likeness (QED) is 0.507. The first-order chi connectivity index (χ1) is 15.0. The Morgan fingerprint density at radius 3 is 2.52 bits per heavy atom. The number of halogens is 1. The molecule has 1 heterocycles. The van der Waals surface area contributed by atoms with Crippen molar-refractivity contribution in [3.05, 3.63) is 83.4 Å². The summed E-state index contributed by atoms with van der Waals surface area (Å²) < 4.78 is 30.4. The molecular weight excluding hydrogens is 399 g/mol. The number of ether oxygens (including phenoxy) is 3. The second-order valence-corrected chi connectivity index (χ2v) is 6.87. The van der Waals surface area contributed by atoms with Crippen LogP contribution in [0.25, 0.3) is 0 Å². The van der Waals surface area contributed by atoms with Gasteiger partial charge in [0.25, 0.3) is 5.91 Å². The molecule has 3 aromatic rings. The molecule has 0 atom stereocenters. The van der Waals surface area contributed by atoms with Crippen LogP contribution in [0.5, 0.6) is 17.2 Å². The number of benzene rings is 2. The van der Waals surface area contributed by atoms with Gasteiger partial charge < -0.3 is 19.1 Å². The molecule has 0 aliphatic rings. The van der Waals surface area contributed by atoms with E-state index in [2.05, 4.69) is 4.98 Å². The molecule has 3 rings (SSSR count). The molecule has 0 fully saturated rings. The van der Waals surface area contributed by atoms with Crippen molar-refractivity contribution in [2.24, 2.45) is 0 Å². The number of nitrogens with zero attached hydrogens (tertiary/aromatic N) is 2. The van der Waals surface area contributed by atoms with Crippen molar-refractivity contribution in [3.63, 3.8) is 0 Å². The van der Waals surface area contributed by atoms with E-state index in [1.54, 1.807) is 49.8 Å². The fraction of sp³-hybridized carbons (Fsp3) is 0.250. The SMILES string of the molecule is CCOc1cc(C(=O)N(C)Cc2ccc(OC)c(F)c2)ccc1OCc1cccnc1. The summed E-state index contributed by atoms with van der Waals surface area (Å²) in [4.78, 5) is 18.5. The summed E-state index contributed by atoms with van der Waals surface area (Å²) in [5.41, 5.74) is 2.04. The Kier molecular flexibility index (Phi) is 7.43. The molecule has 2 aromatic carbocycles. The van der Waals surface area contributed by atoms with Crippen LogP contribution in [0.2, 0.25) is 0 Å². The molecule has 0 spiro atoms.